The second-order valence-electron chi connectivity index (χ2n) is 11.4. The van der Waals surface area contributed by atoms with Gasteiger partial charge in [-0.15, -0.1) is 13.2 Å². The minimum absolute atomic E-state index is 0.0128. The molecule has 2 bridgehead atoms. The van der Waals surface area contributed by atoms with Crippen molar-refractivity contribution in [3.63, 3.8) is 0 Å². The van der Waals surface area contributed by atoms with Crippen LogP contribution in [0, 0.1) is 17.8 Å². The minimum atomic E-state index is -1.13. The Balaban J connectivity index is 1.75. The number of β-amino-alcohol motifs (C(OH)–C–C–N with tert-alkyl or cyclic N) is 1. The summed E-state index contributed by atoms with van der Waals surface area (Å²) in [5, 5.41) is 9.90. The Morgan fingerprint density at radius 1 is 1.15 bits per heavy atom. The van der Waals surface area contributed by atoms with Crippen molar-refractivity contribution in [2.45, 2.75) is 63.8 Å². The molecule has 0 aromatic heterocycles. The molecular formula is C31H43N3O5. The molecule has 3 fully saturated rings. The van der Waals surface area contributed by atoms with Gasteiger partial charge >= 0.3 is 0 Å². The lowest BCUT2D eigenvalue weighted by Gasteiger charge is -2.39. The van der Waals surface area contributed by atoms with Crippen molar-refractivity contribution < 1.29 is 24.2 Å². The van der Waals surface area contributed by atoms with Crippen LogP contribution in [-0.4, -0.2) is 87.6 Å². The van der Waals surface area contributed by atoms with Gasteiger partial charge in [-0.1, -0.05) is 62.8 Å². The van der Waals surface area contributed by atoms with E-state index in [2.05, 4.69) is 20.1 Å². The van der Waals surface area contributed by atoms with Crippen LogP contribution < -0.4 is 0 Å². The fourth-order valence-electron chi connectivity index (χ4n) is 7.10. The highest BCUT2D eigenvalue weighted by Gasteiger charge is 2.80. The van der Waals surface area contributed by atoms with E-state index in [1.54, 1.807) is 22.0 Å². The normalized spacial score (nSPS) is 30.8. The Labute approximate surface area is 232 Å². The summed E-state index contributed by atoms with van der Waals surface area (Å²) in [6.45, 7) is 15.1. The van der Waals surface area contributed by atoms with Crippen molar-refractivity contribution in [3.05, 3.63) is 61.2 Å². The van der Waals surface area contributed by atoms with Gasteiger partial charge < -0.3 is 24.5 Å². The van der Waals surface area contributed by atoms with E-state index in [0.717, 1.165) is 18.4 Å². The number of rotatable bonds is 13. The van der Waals surface area contributed by atoms with Gasteiger partial charge in [0, 0.05) is 32.7 Å². The summed E-state index contributed by atoms with van der Waals surface area (Å²) in [5.41, 5.74) is -1.05. The van der Waals surface area contributed by atoms with Crippen LogP contribution in [0.1, 0.15) is 45.6 Å². The molecule has 3 aliphatic heterocycles. The number of fused-ring (bicyclic) bond motifs is 1. The van der Waals surface area contributed by atoms with Crippen molar-refractivity contribution >= 4 is 17.7 Å². The topological polar surface area (TPSA) is 90.4 Å². The minimum Gasteiger partial charge on any atom is -0.395 e. The smallest absolute Gasteiger partial charge is 0.248 e. The van der Waals surface area contributed by atoms with Gasteiger partial charge in [-0.3, -0.25) is 14.4 Å². The Bertz CT molecular complexity index is 1090. The molecule has 0 aliphatic carbocycles. The predicted molar refractivity (Wildman–Crippen MR) is 149 cm³/mol. The molecule has 4 rings (SSSR count). The summed E-state index contributed by atoms with van der Waals surface area (Å²) in [7, 11) is 0. The van der Waals surface area contributed by atoms with Gasteiger partial charge in [0.25, 0.3) is 0 Å². The molecule has 3 unspecified atom stereocenters. The molecule has 0 radical (unpaired) electrons. The van der Waals surface area contributed by atoms with Crippen molar-refractivity contribution in [2.24, 2.45) is 17.8 Å². The van der Waals surface area contributed by atoms with Crippen LogP contribution >= 0.6 is 0 Å². The molecule has 1 spiro atoms. The van der Waals surface area contributed by atoms with Gasteiger partial charge in [-0.2, -0.15) is 0 Å². The molecule has 6 atom stereocenters. The third-order valence-electron chi connectivity index (χ3n) is 8.98. The number of unbranched alkanes of at least 4 members (excludes halogenated alkanes) is 1. The number of aliphatic hydroxyl groups excluding tert-OH is 1. The summed E-state index contributed by atoms with van der Waals surface area (Å²) >= 11 is 0. The first-order valence-electron chi connectivity index (χ1n) is 14.1. The van der Waals surface area contributed by atoms with E-state index < -0.39 is 29.1 Å². The summed E-state index contributed by atoms with van der Waals surface area (Å²) in [6, 6.07) is 8.83. The monoisotopic (exact) mass is 537 g/mol. The third kappa shape index (κ3) is 4.82. The molecule has 1 aromatic rings. The van der Waals surface area contributed by atoms with Crippen LogP contribution in [0.15, 0.2) is 55.6 Å². The van der Waals surface area contributed by atoms with Gasteiger partial charge in [0.1, 0.15) is 11.6 Å². The maximum Gasteiger partial charge on any atom is 0.248 e. The highest BCUT2D eigenvalue weighted by atomic mass is 16.5. The van der Waals surface area contributed by atoms with E-state index >= 15 is 0 Å². The maximum atomic E-state index is 14.4. The number of carbonyl (C=O) groups excluding carboxylic acids is 3. The van der Waals surface area contributed by atoms with Crippen molar-refractivity contribution in [3.8, 4) is 0 Å². The summed E-state index contributed by atoms with van der Waals surface area (Å²) in [4.78, 5) is 47.6. The van der Waals surface area contributed by atoms with E-state index in [1.807, 2.05) is 44.2 Å². The number of hydrogen-bond donors (Lipinski definition) is 1. The van der Waals surface area contributed by atoms with E-state index in [4.69, 9.17) is 4.74 Å². The Morgan fingerprint density at radius 3 is 2.44 bits per heavy atom. The van der Waals surface area contributed by atoms with Crippen molar-refractivity contribution in [2.75, 3.05) is 32.8 Å². The Hall–Kier alpha value is -2.97. The number of benzene rings is 1. The van der Waals surface area contributed by atoms with Crippen LogP contribution in [0.5, 0.6) is 0 Å². The van der Waals surface area contributed by atoms with Gasteiger partial charge in [0.05, 0.1) is 24.0 Å². The molecule has 8 nitrogen and oxygen atoms in total. The number of carbonyl (C=O) groups is 3. The zero-order valence-corrected chi connectivity index (χ0v) is 23.6. The maximum absolute atomic E-state index is 14.4. The van der Waals surface area contributed by atoms with Crippen LogP contribution in [0.3, 0.4) is 0 Å². The highest BCUT2D eigenvalue weighted by molar-refractivity contribution is 5.99. The largest absolute Gasteiger partial charge is 0.395 e. The average molecular weight is 538 g/mol. The average Bonchev–Trinajstić information content (AvgIpc) is 3.43. The number of hydrogen-bond acceptors (Lipinski definition) is 5. The fourth-order valence-corrected chi connectivity index (χ4v) is 7.10. The second-order valence-corrected chi connectivity index (χ2v) is 11.4. The number of nitrogens with zero attached hydrogens (tertiary/aromatic N) is 3. The third-order valence-corrected chi connectivity index (χ3v) is 8.98. The Kier molecular flexibility index (Phi) is 8.66. The highest BCUT2D eigenvalue weighted by Crippen LogP contribution is 2.65. The zero-order valence-electron chi connectivity index (χ0n) is 23.6. The molecule has 3 amide bonds. The van der Waals surface area contributed by atoms with Crippen LogP contribution in [0.2, 0.25) is 0 Å². The second kappa shape index (κ2) is 11.6. The zero-order chi connectivity index (χ0) is 28.4. The van der Waals surface area contributed by atoms with Crippen molar-refractivity contribution in [1.82, 2.24) is 14.7 Å². The lowest BCUT2D eigenvalue weighted by atomic mass is 9.62. The molecule has 3 saturated heterocycles. The quantitative estimate of drug-likeness (QED) is 0.391. The van der Waals surface area contributed by atoms with Gasteiger partial charge in [0.15, 0.2) is 0 Å². The molecule has 1 N–H and O–H groups in total. The fraction of sp³-hybridized carbons (Fsp3) is 0.581. The molecule has 212 valence electrons. The van der Waals surface area contributed by atoms with Crippen LogP contribution in [0.4, 0.5) is 0 Å². The molecule has 3 aliphatic rings. The number of amides is 3. The molecule has 39 heavy (non-hydrogen) atoms. The first kappa shape index (κ1) is 29.0. The summed E-state index contributed by atoms with van der Waals surface area (Å²) in [5.74, 6) is -2.26. The van der Waals surface area contributed by atoms with Crippen molar-refractivity contribution in [1.29, 1.82) is 0 Å². The van der Waals surface area contributed by atoms with Crippen LogP contribution in [-0.2, 0) is 25.7 Å². The van der Waals surface area contributed by atoms with E-state index in [1.165, 1.54) is 4.90 Å². The molecule has 8 heteroatoms. The molecule has 3 heterocycles. The molecular weight excluding hydrogens is 494 g/mol. The molecule has 0 saturated carbocycles. The first-order chi connectivity index (χ1) is 18.7. The SMILES string of the molecule is C=CCN(CCCC)C(=O)C1N(CCO)C(=O)[C@@H]2[C@@H](C(=O)N(CC=C)Cc3ccccc3)[C@]3(C)OC12CC3C. The van der Waals surface area contributed by atoms with E-state index in [0.29, 0.717) is 32.6 Å². The van der Waals surface area contributed by atoms with Gasteiger partial charge in [0.2, 0.25) is 17.7 Å². The summed E-state index contributed by atoms with van der Waals surface area (Å²) < 4.78 is 6.82. The summed E-state index contributed by atoms with van der Waals surface area (Å²) in [6.07, 6.45) is 5.62. The Morgan fingerprint density at radius 2 is 1.82 bits per heavy atom. The first-order valence-corrected chi connectivity index (χ1v) is 14.1. The number of likely N-dealkylation sites (tertiary alicyclic amines) is 1. The predicted octanol–water partition coefficient (Wildman–Crippen LogP) is 3.02. The number of ether oxygens (including phenoxy) is 1. The van der Waals surface area contributed by atoms with Crippen LogP contribution in [0.25, 0.3) is 0 Å². The molecule has 1 aromatic carbocycles. The van der Waals surface area contributed by atoms with Gasteiger partial charge in [-0.05, 0) is 31.2 Å². The van der Waals surface area contributed by atoms with Gasteiger partial charge in [-0.25, -0.2) is 0 Å². The van der Waals surface area contributed by atoms with E-state index in [9.17, 15) is 19.5 Å². The lowest BCUT2D eigenvalue weighted by Crippen LogP contribution is -2.57. The lowest BCUT2D eigenvalue weighted by molar-refractivity contribution is -0.155. The van der Waals surface area contributed by atoms with E-state index in [-0.39, 0.29) is 36.8 Å². The standard InChI is InChI=1S/C31H43N3O5/c1-6-9-17-32(15-7-2)29(38)26-31-20-22(4)30(5,39-31)24(25(31)28(37)34(26)18-19-35)27(36)33(16-8-3)21-23-13-11-10-12-14-23/h7-8,10-14,22,24-26,35H,2-3,6,9,15-21H2,1,4-5H3/t22?,24-,25-,26?,30+,31?/m0/s1. The number of aliphatic hydroxyl groups is 1.